The number of nitrogens with one attached hydrogen (secondary N) is 1. The number of aliphatic imine (C=N–C) groups is 1. The van der Waals surface area contributed by atoms with Crippen molar-refractivity contribution >= 4 is 17.9 Å². The molecule has 0 aliphatic carbocycles. The highest BCUT2D eigenvalue weighted by Gasteiger charge is 2.17. The SMILES string of the molecule is Cc1ccc(-n2c(O)c(C=Nc3ccc(-n4nc(C)cc4C)c(C(=O)O)c3)c(=O)[nH]c2=O)c(C)c1. The summed E-state index contributed by atoms with van der Waals surface area (Å²) in [6.45, 7) is 7.31. The minimum absolute atomic E-state index is 0.0377. The van der Waals surface area contributed by atoms with E-state index >= 15 is 0 Å². The Hall–Kier alpha value is -4.73. The van der Waals surface area contributed by atoms with Crippen LogP contribution in [-0.4, -0.2) is 41.7 Å². The van der Waals surface area contributed by atoms with Gasteiger partial charge < -0.3 is 10.2 Å². The fourth-order valence-corrected chi connectivity index (χ4v) is 3.91. The number of nitrogens with zero attached hydrogens (tertiary/aromatic N) is 4. The van der Waals surface area contributed by atoms with E-state index < -0.39 is 23.1 Å². The summed E-state index contributed by atoms with van der Waals surface area (Å²) in [5.41, 5.74) is 2.32. The second-order valence-corrected chi connectivity index (χ2v) is 8.23. The standard InChI is InChI=1S/C25H23N5O5/c1-13-5-7-20(14(2)9-13)29-23(32)19(22(31)27-25(29)35)12-26-17-6-8-21(18(11-17)24(33)34)30-16(4)10-15(3)28-30/h5-12,32H,1-4H3,(H,33,34)(H,27,31,35). The smallest absolute Gasteiger partial charge is 0.337 e. The molecule has 0 saturated carbocycles. The fourth-order valence-electron chi connectivity index (χ4n) is 3.91. The lowest BCUT2D eigenvalue weighted by molar-refractivity contribution is 0.0696. The van der Waals surface area contributed by atoms with Crippen molar-refractivity contribution in [1.29, 1.82) is 0 Å². The van der Waals surface area contributed by atoms with Crippen LogP contribution in [0.3, 0.4) is 0 Å². The van der Waals surface area contributed by atoms with Gasteiger partial charge in [-0.25, -0.2) is 18.8 Å². The first-order chi connectivity index (χ1) is 16.6. The number of aromatic carboxylic acids is 1. The Labute approximate surface area is 199 Å². The predicted molar refractivity (Wildman–Crippen MR) is 131 cm³/mol. The fraction of sp³-hybridized carbons (Fsp3) is 0.160. The number of H-pyrrole nitrogens is 1. The van der Waals surface area contributed by atoms with Gasteiger partial charge in [-0.2, -0.15) is 5.10 Å². The van der Waals surface area contributed by atoms with E-state index in [0.29, 0.717) is 11.4 Å². The number of hydrogen-bond donors (Lipinski definition) is 3. The van der Waals surface area contributed by atoms with E-state index in [1.807, 2.05) is 32.9 Å². The average Bonchev–Trinajstić information content (AvgIpc) is 3.12. The number of aromatic amines is 1. The Balaban J connectivity index is 1.80. The topological polar surface area (TPSA) is 143 Å². The molecule has 2 aromatic carbocycles. The molecule has 0 aliphatic heterocycles. The molecule has 2 heterocycles. The maximum Gasteiger partial charge on any atom is 0.337 e. The summed E-state index contributed by atoms with van der Waals surface area (Å²) in [6, 6.07) is 11.6. The molecule has 3 N–H and O–H groups in total. The van der Waals surface area contributed by atoms with Gasteiger partial charge in [0.15, 0.2) is 0 Å². The number of aromatic nitrogens is 4. The zero-order valence-corrected chi connectivity index (χ0v) is 19.5. The first-order valence-electron chi connectivity index (χ1n) is 10.7. The van der Waals surface area contributed by atoms with Crippen LogP contribution in [0.5, 0.6) is 5.88 Å². The summed E-state index contributed by atoms with van der Waals surface area (Å²) in [5.74, 6) is -1.75. The van der Waals surface area contributed by atoms with Crippen molar-refractivity contribution in [3.05, 3.63) is 96.9 Å². The Kier molecular flexibility index (Phi) is 5.96. The third-order valence-corrected chi connectivity index (χ3v) is 5.51. The van der Waals surface area contributed by atoms with Crippen LogP contribution in [0.25, 0.3) is 11.4 Å². The van der Waals surface area contributed by atoms with Gasteiger partial charge in [0.1, 0.15) is 5.56 Å². The summed E-state index contributed by atoms with van der Waals surface area (Å²) in [5, 5.41) is 24.9. The molecular weight excluding hydrogens is 450 g/mol. The molecule has 4 aromatic rings. The summed E-state index contributed by atoms with van der Waals surface area (Å²) in [4.78, 5) is 43.2. The van der Waals surface area contributed by atoms with Crippen LogP contribution in [-0.2, 0) is 0 Å². The summed E-state index contributed by atoms with van der Waals surface area (Å²) >= 11 is 0. The highest BCUT2D eigenvalue weighted by atomic mass is 16.4. The van der Waals surface area contributed by atoms with E-state index in [4.69, 9.17) is 0 Å². The third-order valence-electron chi connectivity index (χ3n) is 5.51. The van der Waals surface area contributed by atoms with Crippen LogP contribution in [0, 0.1) is 27.7 Å². The lowest BCUT2D eigenvalue weighted by atomic mass is 10.1. The van der Waals surface area contributed by atoms with Crippen LogP contribution in [0.2, 0.25) is 0 Å². The van der Waals surface area contributed by atoms with Gasteiger partial charge in [0.2, 0.25) is 5.88 Å². The monoisotopic (exact) mass is 473 g/mol. The number of aryl methyl sites for hydroxylation is 4. The van der Waals surface area contributed by atoms with Gasteiger partial charge in [-0.3, -0.25) is 14.8 Å². The average molecular weight is 473 g/mol. The van der Waals surface area contributed by atoms with Gasteiger partial charge in [0, 0.05) is 11.9 Å². The number of carboxylic acids is 1. The summed E-state index contributed by atoms with van der Waals surface area (Å²) in [7, 11) is 0. The lowest BCUT2D eigenvalue weighted by Crippen LogP contribution is -2.31. The van der Waals surface area contributed by atoms with Crippen molar-refractivity contribution in [2.24, 2.45) is 4.99 Å². The van der Waals surface area contributed by atoms with E-state index in [0.717, 1.165) is 33.3 Å². The molecule has 0 unspecified atom stereocenters. The molecule has 0 amide bonds. The predicted octanol–water partition coefficient (Wildman–Crippen LogP) is 3.10. The van der Waals surface area contributed by atoms with Crippen molar-refractivity contribution in [3.63, 3.8) is 0 Å². The molecule has 2 aromatic heterocycles. The van der Waals surface area contributed by atoms with Crippen LogP contribution >= 0.6 is 0 Å². The van der Waals surface area contributed by atoms with Gasteiger partial charge in [-0.1, -0.05) is 17.7 Å². The van der Waals surface area contributed by atoms with E-state index in [1.165, 1.54) is 10.7 Å². The van der Waals surface area contributed by atoms with E-state index in [9.17, 15) is 24.6 Å². The normalized spacial score (nSPS) is 11.3. The molecule has 0 fully saturated rings. The van der Waals surface area contributed by atoms with Gasteiger partial charge >= 0.3 is 11.7 Å². The number of aromatic hydroxyl groups is 1. The van der Waals surface area contributed by atoms with E-state index in [2.05, 4.69) is 15.1 Å². The number of hydrogen-bond acceptors (Lipinski definition) is 6. The quantitative estimate of drug-likeness (QED) is 0.380. The Morgan fingerprint density at radius 2 is 1.74 bits per heavy atom. The van der Waals surface area contributed by atoms with Crippen LogP contribution < -0.4 is 11.2 Å². The second kappa shape index (κ2) is 8.90. The van der Waals surface area contributed by atoms with Crippen molar-refractivity contribution < 1.29 is 15.0 Å². The zero-order chi connectivity index (χ0) is 25.4. The van der Waals surface area contributed by atoms with Gasteiger partial charge in [-0.15, -0.1) is 0 Å². The highest BCUT2D eigenvalue weighted by molar-refractivity contribution is 5.93. The maximum atomic E-state index is 12.5. The molecule has 4 rings (SSSR count). The van der Waals surface area contributed by atoms with Crippen LogP contribution in [0.15, 0.2) is 57.0 Å². The Bertz CT molecular complexity index is 1620. The molecule has 0 atom stereocenters. The molecule has 0 radical (unpaired) electrons. The molecule has 178 valence electrons. The first kappa shape index (κ1) is 23.4. The van der Waals surface area contributed by atoms with E-state index in [-0.39, 0.29) is 16.8 Å². The van der Waals surface area contributed by atoms with Crippen molar-refractivity contribution in [2.75, 3.05) is 0 Å². The minimum atomic E-state index is -1.17. The lowest BCUT2D eigenvalue weighted by Gasteiger charge is -2.12. The number of carboxylic acid groups (broad SMARTS) is 1. The number of carbonyl (C=O) groups is 1. The van der Waals surface area contributed by atoms with Gasteiger partial charge in [-0.05, 0) is 63.6 Å². The van der Waals surface area contributed by atoms with Gasteiger partial charge in [0.25, 0.3) is 5.56 Å². The number of rotatable bonds is 5. The molecule has 10 nitrogen and oxygen atoms in total. The molecule has 0 spiro atoms. The van der Waals surface area contributed by atoms with Crippen molar-refractivity contribution in [2.45, 2.75) is 27.7 Å². The first-order valence-corrected chi connectivity index (χ1v) is 10.7. The summed E-state index contributed by atoms with van der Waals surface area (Å²) < 4.78 is 2.52. The third kappa shape index (κ3) is 4.41. The molecule has 10 heteroatoms. The molecule has 0 saturated heterocycles. The largest absolute Gasteiger partial charge is 0.493 e. The zero-order valence-electron chi connectivity index (χ0n) is 19.5. The number of benzene rings is 2. The van der Waals surface area contributed by atoms with Crippen molar-refractivity contribution in [3.8, 4) is 17.3 Å². The van der Waals surface area contributed by atoms with Crippen LogP contribution in [0.1, 0.15) is 38.4 Å². The Morgan fingerprint density at radius 1 is 1.03 bits per heavy atom. The molecule has 35 heavy (non-hydrogen) atoms. The highest BCUT2D eigenvalue weighted by Crippen LogP contribution is 2.24. The summed E-state index contributed by atoms with van der Waals surface area (Å²) in [6.07, 6.45) is 1.09. The Morgan fingerprint density at radius 3 is 2.37 bits per heavy atom. The second-order valence-electron chi connectivity index (χ2n) is 8.23. The molecule has 0 aliphatic rings. The van der Waals surface area contributed by atoms with Gasteiger partial charge in [0.05, 0.1) is 28.3 Å². The maximum absolute atomic E-state index is 12.5. The van der Waals surface area contributed by atoms with Crippen molar-refractivity contribution in [1.82, 2.24) is 19.3 Å². The molecule has 0 bridgehead atoms. The minimum Gasteiger partial charge on any atom is -0.493 e. The van der Waals surface area contributed by atoms with E-state index in [1.54, 1.807) is 31.2 Å². The van der Waals surface area contributed by atoms with Crippen LogP contribution in [0.4, 0.5) is 5.69 Å². The molecular formula is C25H23N5O5.